The van der Waals surface area contributed by atoms with Gasteiger partial charge in [-0.3, -0.25) is 9.69 Å². The van der Waals surface area contributed by atoms with E-state index < -0.39 is 12.1 Å². The van der Waals surface area contributed by atoms with Crippen molar-refractivity contribution in [3.8, 4) is 0 Å². The second kappa shape index (κ2) is 17.6. The van der Waals surface area contributed by atoms with E-state index in [4.69, 9.17) is 0 Å². The number of aliphatic imine (C=N–C) groups is 3. The Labute approximate surface area is 255 Å². The van der Waals surface area contributed by atoms with E-state index in [1.165, 1.54) is 23.1 Å². The molecule has 1 unspecified atom stereocenters. The maximum atomic E-state index is 13.8. The Balaban J connectivity index is 1.87. The molecule has 2 aromatic carbocycles. The summed E-state index contributed by atoms with van der Waals surface area (Å²) in [5.41, 5.74) is 3.35. The first-order valence-corrected chi connectivity index (χ1v) is 14.3. The van der Waals surface area contributed by atoms with E-state index in [2.05, 4.69) is 15.0 Å². The van der Waals surface area contributed by atoms with Crippen LogP contribution >= 0.6 is 8.58 Å². The molecule has 2 aromatic rings. The topological polar surface area (TPSA) is 149 Å². The van der Waals surface area contributed by atoms with Gasteiger partial charge in [0, 0.05) is 13.6 Å². The average molecular weight is 613 g/mol. The molecule has 1 aliphatic heterocycles. The first-order valence-electron chi connectivity index (χ1n) is 13.3. The lowest BCUT2D eigenvalue weighted by molar-refractivity contribution is -0.116. The van der Waals surface area contributed by atoms with Crippen molar-refractivity contribution in [2.24, 2.45) is 15.0 Å². The largest absolute Gasteiger partial charge is 0.335 e. The van der Waals surface area contributed by atoms with Gasteiger partial charge in [0.05, 0.1) is 32.7 Å². The van der Waals surface area contributed by atoms with Crippen LogP contribution in [0.4, 0.5) is 9.59 Å². The highest BCUT2D eigenvalue weighted by atomic mass is 31.1. The van der Waals surface area contributed by atoms with Crippen LogP contribution in [-0.4, -0.2) is 71.5 Å². The van der Waals surface area contributed by atoms with Crippen molar-refractivity contribution in [3.63, 3.8) is 0 Å². The Morgan fingerprint density at radius 1 is 0.795 bits per heavy atom. The molecule has 0 saturated heterocycles. The number of carbonyl (C=O) groups is 3. The number of rotatable bonds is 13. The number of imide groups is 2. The molecule has 224 valence electrons. The first-order chi connectivity index (χ1) is 21.4. The van der Waals surface area contributed by atoms with Crippen LogP contribution in [0.15, 0.2) is 98.4 Å². The van der Waals surface area contributed by atoms with Crippen molar-refractivity contribution in [1.29, 1.82) is 0 Å². The zero-order valence-electron chi connectivity index (χ0n) is 23.9. The number of hydrogen-bond acceptors (Lipinski definition) is 9. The maximum absolute atomic E-state index is 13.8. The molecule has 12 nitrogen and oxygen atoms in total. The molecule has 0 fully saturated rings. The van der Waals surface area contributed by atoms with Gasteiger partial charge < -0.3 is 4.90 Å². The number of nitrogens with zero attached hydrogens (tertiary/aromatic N) is 6. The third-order valence-corrected chi connectivity index (χ3v) is 7.49. The summed E-state index contributed by atoms with van der Waals surface area (Å²) in [7, 11) is 1.79. The number of isocyanates is 3. The van der Waals surface area contributed by atoms with Gasteiger partial charge in [-0.1, -0.05) is 81.2 Å². The third-order valence-electron chi connectivity index (χ3n) is 6.27. The smallest absolute Gasteiger partial charge is 0.323 e. The Morgan fingerprint density at radius 3 is 1.95 bits per heavy atom. The Kier molecular flexibility index (Phi) is 13.2. The second-order valence-electron chi connectivity index (χ2n) is 9.52. The molecule has 0 radical (unpaired) electrons. The van der Waals surface area contributed by atoms with Gasteiger partial charge in [-0.15, -0.1) is 0 Å². The van der Waals surface area contributed by atoms with Crippen LogP contribution in [0.25, 0.3) is 0 Å². The number of amides is 5. The van der Waals surface area contributed by atoms with Crippen LogP contribution in [-0.2, 0) is 45.4 Å². The highest BCUT2D eigenvalue weighted by Crippen LogP contribution is 2.30. The molecule has 13 heteroatoms. The number of benzene rings is 2. The molecule has 0 bridgehead atoms. The molecule has 1 aliphatic rings. The molecule has 5 amide bonds. The summed E-state index contributed by atoms with van der Waals surface area (Å²) in [6.07, 6.45) is 10.3. The zero-order valence-corrected chi connectivity index (χ0v) is 24.9. The first kappa shape index (κ1) is 33.1. The number of allylic oxidation sites excluding steroid dienone is 2. The van der Waals surface area contributed by atoms with Gasteiger partial charge in [0.2, 0.25) is 24.6 Å². The highest BCUT2D eigenvalue weighted by Gasteiger charge is 2.29. The van der Waals surface area contributed by atoms with E-state index in [-0.39, 0.29) is 47.8 Å². The SMILES string of the molecule is CN(CC1=CPC(CN=C=O)=CC=C1)C(=O)N(Cc1cccc(CN=C=O)c1)C(=O)N(C=O)Cc1cccc(CN=C=O)c1. The van der Waals surface area contributed by atoms with E-state index in [0.29, 0.717) is 28.7 Å². The summed E-state index contributed by atoms with van der Waals surface area (Å²) in [6.45, 7) is 0.288. The van der Waals surface area contributed by atoms with Gasteiger partial charge in [-0.05, 0) is 33.1 Å². The minimum absolute atomic E-state index is 0.0829. The van der Waals surface area contributed by atoms with Crippen LogP contribution in [0, 0.1) is 0 Å². The Hall–Kier alpha value is -5.36. The molecule has 0 aliphatic carbocycles. The van der Waals surface area contributed by atoms with Crippen molar-refractivity contribution >= 4 is 45.3 Å². The lowest BCUT2D eigenvalue weighted by Crippen LogP contribution is -2.49. The molecule has 1 atom stereocenters. The summed E-state index contributed by atoms with van der Waals surface area (Å²) >= 11 is 0. The Bertz CT molecular complexity index is 1620. The van der Waals surface area contributed by atoms with Crippen molar-refractivity contribution in [2.45, 2.75) is 26.2 Å². The predicted molar refractivity (Wildman–Crippen MR) is 164 cm³/mol. The van der Waals surface area contributed by atoms with Gasteiger partial charge in [-0.25, -0.2) is 43.8 Å². The summed E-state index contributed by atoms with van der Waals surface area (Å²) in [5, 5.41) is 0.924. The minimum Gasteiger partial charge on any atom is -0.323 e. The molecule has 44 heavy (non-hydrogen) atoms. The predicted octanol–water partition coefficient (Wildman–Crippen LogP) is 4.34. The molecule has 0 spiro atoms. The van der Waals surface area contributed by atoms with Gasteiger partial charge in [-0.2, -0.15) is 0 Å². The van der Waals surface area contributed by atoms with Crippen LogP contribution in [0.1, 0.15) is 22.3 Å². The van der Waals surface area contributed by atoms with Gasteiger partial charge in [0.15, 0.2) is 0 Å². The van der Waals surface area contributed by atoms with Crippen molar-refractivity contribution in [1.82, 2.24) is 14.7 Å². The lowest BCUT2D eigenvalue weighted by Gasteiger charge is -2.30. The molecule has 1 heterocycles. The van der Waals surface area contributed by atoms with Gasteiger partial charge >= 0.3 is 12.1 Å². The molecule has 0 saturated carbocycles. The second-order valence-corrected chi connectivity index (χ2v) is 10.7. The number of urea groups is 2. The Morgan fingerprint density at radius 2 is 1.36 bits per heavy atom. The number of carbonyl (C=O) groups excluding carboxylic acids is 6. The minimum atomic E-state index is -0.840. The fourth-order valence-electron chi connectivity index (χ4n) is 4.23. The van der Waals surface area contributed by atoms with E-state index in [1.54, 1.807) is 61.7 Å². The summed E-state index contributed by atoms with van der Waals surface area (Å²) in [5.74, 6) is 1.93. The van der Waals surface area contributed by atoms with Gasteiger partial charge in [0.1, 0.15) is 0 Å². The molecule has 3 rings (SSSR count). The number of likely N-dealkylation sites (N-methyl/N-ethyl adjacent to an activating group) is 1. The van der Waals surface area contributed by atoms with Crippen molar-refractivity contribution in [3.05, 3.63) is 106 Å². The van der Waals surface area contributed by atoms with Gasteiger partial charge in [0.25, 0.3) is 0 Å². The van der Waals surface area contributed by atoms with E-state index >= 15 is 0 Å². The van der Waals surface area contributed by atoms with E-state index in [0.717, 1.165) is 20.7 Å². The maximum Gasteiger partial charge on any atom is 0.335 e. The normalized spacial score (nSPS) is 12.3. The molecular weight excluding hydrogens is 583 g/mol. The number of hydrogen-bond donors (Lipinski definition) is 0. The van der Waals surface area contributed by atoms with E-state index in [1.807, 2.05) is 18.0 Å². The summed E-state index contributed by atoms with van der Waals surface area (Å²) in [6, 6.07) is 12.3. The average Bonchev–Trinajstić information content (AvgIpc) is 3.27. The zero-order chi connectivity index (χ0) is 31.7. The highest BCUT2D eigenvalue weighted by molar-refractivity contribution is 7.46. The van der Waals surface area contributed by atoms with Crippen LogP contribution < -0.4 is 0 Å². The fraction of sp³-hybridized carbons (Fsp3) is 0.226. The van der Waals surface area contributed by atoms with Crippen LogP contribution in [0.2, 0.25) is 0 Å². The quantitative estimate of drug-likeness (QED) is 0.142. The fourth-order valence-corrected chi connectivity index (χ4v) is 5.15. The lowest BCUT2D eigenvalue weighted by atomic mass is 10.1. The van der Waals surface area contributed by atoms with Crippen molar-refractivity contribution in [2.75, 3.05) is 20.1 Å². The van der Waals surface area contributed by atoms with Crippen molar-refractivity contribution < 1.29 is 28.8 Å². The third kappa shape index (κ3) is 10.2. The molecule has 0 aromatic heterocycles. The molecular formula is C31H29N6O6P. The standard InChI is InChI=1S/C31H29N6O6P/c1-35(16-28-9-4-10-29(44-19-28)15-34-22-40)30(42)37(18-27-8-3-6-25(12-27)14-33-21-39)31(43)36(23-41)17-26-7-2-5-24(11-26)13-32-20-38/h2-12,19,23,44H,13-18H2,1H3. The van der Waals surface area contributed by atoms with Crippen LogP contribution in [0.5, 0.6) is 0 Å². The summed E-state index contributed by atoms with van der Waals surface area (Å²) < 4.78 is 0. The summed E-state index contributed by atoms with van der Waals surface area (Å²) in [4.78, 5) is 85.3. The van der Waals surface area contributed by atoms with E-state index in [9.17, 15) is 28.8 Å². The van der Waals surface area contributed by atoms with Crippen LogP contribution in [0.3, 0.4) is 0 Å². The monoisotopic (exact) mass is 612 g/mol. The molecule has 0 N–H and O–H groups in total.